The maximum absolute atomic E-state index is 12.6. The molecule has 9 heteroatoms. The first-order chi connectivity index (χ1) is 11.8. The van der Waals surface area contributed by atoms with Gasteiger partial charge in [-0.15, -0.1) is 5.10 Å². The van der Waals surface area contributed by atoms with Gasteiger partial charge in [0.25, 0.3) is 0 Å². The number of hydrogen-bond donors (Lipinski definition) is 0. The third-order valence-electron chi connectivity index (χ3n) is 4.09. The predicted octanol–water partition coefficient (Wildman–Crippen LogP) is 2.50. The third kappa shape index (κ3) is 4.31. The van der Waals surface area contributed by atoms with Crippen LogP contribution in [0.5, 0.6) is 0 Å². The van der Waals surface area contributed by atoms with Crippen molar-refractivity contribution in [1.29, 1.82) is 0 Å². The molecule has 1 aromatic heterocycles. The number of halogens is 1. The zero-order chi connectivity index (χ0) is 18.0. The molecule has 1 aliphatic heterocycles. The van der Waals surface area contributed by atoms with Crippen LogP contribution in [0.2, 0.25) is 5.02 Å². The number of piperazine rings is 1. The molecule has 0 spiro atoms. The van der Waals surface area contributed by atoms with E-state index >= 15 is 0 Å². The summed E-state index contributed by atoms with van der Waals surface area (Å²) in [6.07, 6.45) is 0. The van der Waals surface area contributed by atoms with Gasteiger partial charge in [0.15, 0.2) is 0 Å². The van der Waals surface area contributed by atoms with E-state index in [0.29, 0.717) is 43.1 Å². The summed E-state index contributed by atoms with van der Waals surface area (Å²) in [4.78, 5) is 1.92. The molecule has 0 bridgehead atoms. The fraction of sp³-hybridized carbons (Fsp3) is 0.500. The van der Waals surface area contributed by atoms with Crippen molar-refractivity contribution in [2.45, 2.75) is 25.5 Å². The van der Waals surface area contributed by atoms with Crippen LogP contribution in [0, 0.1) is 0 Å². The molecule has 3 rings (SSSR count). The number of aromatic nitrogens is 2. The first kappa shape index (κ1) is 18.2. The number of sulfonamides is 1. The summed E-state index contributed by atoms with van der Waals surface area (Å²) < 4.78 is 32.3. The highest BCUT2D eigenvalue weighted by molar-refractivity contribution is 7.88. The lowest BCUT2D eigenvalue weighted by atomic mass is 10.2. The van der Waals surface area contributed by atoms with E-state index in [-0.39, 0.29) is 11.7 Å². The van der Waals surface area contributed by atoms with Crippen LogP contribution in [0.3, 0.4) is 0 Å². The molecular formula is C16H21ClN4O3S. The van der Waals surface area contributed by atoms with Gasteiger partial charge in [0.2, 0.25) is 15.9 Å². The highest BCUT2D eigenvalue weighted by Crippen LogP contribution is 2.21. The van der Waals surface area contributed by atoms with Crippen molar-refractivity contribution in [2.75, 3.05) is 31.1 Å². The number of nitrogens with zero attached hydrogens (tertiary/aromatic N) is 4. The SMILES string of the molecule is CC(C)c1nnc(N2CCN(S(=O)(=O)Cc3ccc(Cl)cc3)CC2)o1. The zero-order valence-corrected chi connectivity index (χ0v) is 15.8. The van der Waals surface area contributed by atoms with Gasteiger partial charge in [0.05, 0.1) is 5.75 Å². The van der Waals surface area contributed by atoms with Crippen LogP contribution in [-0.4, -0.2) is 49.1 Å². The van der Waals surface area contributed by atoms with E-state index in [2.05, 4.69) is 10.2 Å². The predicted molar refractivity (Wildman–Crippen MR) is 96.2 cm³/mol. The molecule has 1 saturated heterocycles. The Morgan fingerprint density at radius 2 is 1.76 bits per heavy atom. The van der Waals surface area contributed by atoms with Gasteiger partial charge in [-0.2, -0.15) is 4.31 Å². The number of benzene rings is 1. The number of hydrogen-bond acceptors (Lipinski definition) is 6. The Balaban J connectivity index is 1.61. The lowest BCUT2D eigenvalue weighted by Gasteiger charge is -2.32. The number of anilines is 1. The van der Waals surface area contributed by atoms with Gasteiger partial charge in [-0.05, 0) is 17.7 Å². The average molecular weight is 385 g/mol. The molecule has 136 valence electrons. The highest BCUT2D eigenvalue weighted by atomic mass is 35.5. The first-order valence-corrected chi connectivity index (χ1v) is 10.1. The maximum Gasteiger partial charge on any atom is 0.318 e. The fourth-order valence-electron chi connectivity index (χ4n) is 2.63. The van der Waals surface area contributed by atoms with E-state index in [1.54, 1.807) is 24.3 Å². The van der Waals surface area contributed by atoms with Crippen molar-refractivity contribution in [2.24, 2.45) is 0 Å². The molecule has 2 aromatic rings. The molecule has 0 unspecified atom stereocenters. The van der Waals surface area contributed by atoms with E-state index in [1.807, 2.05) is 18.7 Å². The summed E-state index contributed by atoms with van der Waals surface area (Å²) in [5.41, 5.74) is 0.727. The van der Waals surface area contributed by atoms with Crippen LogP contribution in [-0.2, 0) is 15.8 Å². The summed E-state index contributed by atoms with van der Waals surface area (Å²) in [5, 5.41) is 8.67. The summed E-state index contributed by atoms with van der Waals surface area (Å²) in [6, 6.07) is 7.33. The van der Waals surface area contributed by atoms with Crippen LogP contribution in [0.1, 0.15) is 31.2 Å². The fourth-order valence-corrected chi connectivity index (χ4v) is 4.27. The summed E-state index contributed by atoms with van der Waals surface area (Å²) in [7, 11) is -3.37. The van der Waals surface area contributed by atoms with Crippen molar-refractivity contribution >= 4 is 27.6 Å². The second-order valence-corrected chi connectivity index (χ2v) is 8.75. The molecule has 0 atom stereocenters. The Morgan fingerprint density at radius 1 is 1.12 bits per heavy atom. The average Bonchev–Trinajstić information content (AvgIpc) is 3.07. The Hall–Kier alpha value is -1.64. The van der Waals surface area contributed by atoms with Crippen molar-refractivity contribution in [3.05, 3.63) is 40.7 Å². The van der Waals surface area contributed by atoms with E-state index < -0.39 is 10.0 Å². The van der Waals surface area contributed by atoms with Gasteiger partial charge in [0, 0.05) is 37.1 Å². The van der Waals surface area contributed by atoms with Crippen LogP contribution in [0.15, 0.2) is 28.7 Å². The summed E-state index contributed by atoms with van der Waals surface area (Å²) >= 11 is 5.84. The standard InChI is InChI=1S/C16H21ClN4O3S/c1-12(2)15-18-19-16(24-15)20-7-9-21(10-8-20)25(22,23)11-13-3-5-14(17)6-4-13/h3-6,12H,7-11H2,1-2H3. The maximum atomic E-state index is 12.6. The van der Waals surface area contributed by atoms with E-state index in [4.69, 9.17) is 16.0 Å². The molecule has 25 heavy (non-hydrogen) atoms. The molecule has 1 fully saturated rings. The minimum absolute atomic E-state index is 0.0256. The smallest absolute Gasteiger partial charge is 0.318 e. The minimum atomic E-state index is -3.37. The summed E-state index contributed by atoms with van der Waals surface area (Å²) in [6.45, 7) is 5.82. The lowest BCUT2D eigenvalue weighted by Crippen LogP contribution is -2.49. The second kappa shape index (κ2) is 7.31. The monoisotopic (exact) mass is 384 g/mol. The topological polar surface area (TPSA) is 79.5 Å². The molecule has 0 radical (unpaired) electrons. The quantitative estimate of drug-likeness (QED) is 0.788. The van der Waals surface area contributed by atoms with Crippen LogP contribution >= 0.6 is 11.6 Å². The molecule has 0 N–H and O–H groups in total. The molecule has 1 aromatic carbocycles. The second-order valence-electron chi connectivity index (χ2n) is 6.35. The number of rotatable bonds is 5. The third-order valence-corrected chi connectivity index (χ3v) is 6.19. The first-order valence-electron chi connectivity index (χ1n) is 8.16. The molecule has 7 nitrogen and oxygen atoms in total. The van der Waals surface area contributed by atoms with Gasteiger partial charge in [-0.3, -0.25) is 0 Å². The van der Waals surface area contributed by atoms with Crippen LogP contribution < -0.4 is 4.90 Å². The van der Waals surface area contributed by atoms with Gasteiger partial charge >= 0.3 is 6.01 Å². The van der Waals surface area contributed by atoms with Gasteiger partial charge < -0.3 is 9.32 Å². The van der Waals surface area contributed by atoms with Crippen molar-refractivity contribution < 1.29 is 12.8 Å². The van der Waals surface area contributed by atoms with Gasteiger partial charge in [0.1, 0.15) is 0 Å². The molecule has 0 aliphatic carbocycles. The molecule has 1 aliphatic rings. The molecule has 2 heterocycles. The molecular weight excluding hydrogens is 364 g/mol. The molecule has 0 saturated carbocycles. The van der Waals surface area contributed by atoms with E-state index in [0.717, 1.165) is 5.56 Å². The largest absolute Gasteiger partial charge is 0.408 e. The van der Waals surface area contributed by atoms with E-state index in [1.165, 1.54) is 4.31 Å². The zero-order valence-electron chi connectivity index (χ0n) is 14.2. The lowest BCUT2D eigenvalue weighted by molar-refractivity contribution is 0.367. The van der Waals surface area contributed by atoms with Gasteiger partial charge in [-0.25, -0.2) is 8.42 Å². The van der Waals surface area contributed by atoms with E-state index in [9.17, 15) is 8.42 Å². The van der Waals surface area contributed by atoms with Gasteiger partial charge in [-0.1, -0.05) is 42.7 Å². The Morgan fingerprint density at radius 3 is 2.32 bits per heavy atom. The Labute approximate surface area is 152 Å². The van der Waals surface area contributed by atoms with Crippen LogP contribution in [0.25, 0.3) is 0 Å². The Kier molecular flexibility index (Phi) is 5.31. The minimum Gasteiger partial charge on any atom is -0.408 e. The normalized spacial score (nSPS) is 16.6. The highest BCUT2D eigenvalue weighted by Gasteiger charge is 2.29. The van der Waals surface area contributed by atoms with Crippen molar-refractivity contribution in [1.82, 2.24) is 14.5 Å². The van der Waals surface area contributed by atoms with Crippen molar-refractivity contribution in [3.8, 4) is 0 Å². The Bertz CT molecular complexity index is 812. The van der Waals surface area contributed by atoms with Crippen LogP contribution in [0.4, 0.5) is 6.01 Å². The van der Waals surface area contributed by atoms with Crippen molar-refractivity contribution in [3.63, 3.8) is 0 Å². The molecule has 0 amide bonds. The summed E-state index contributed by atoms with van der Waals surface area (Å²) in [5.74, 6) is 0.734.